The Labute approximate surface area is 118 Å². The number of thiophene rings is 1. The van der Waals surface area contributed by atoms with E-state index in [-0.39, 0.29) is 0 Å². The zero-order chi connectivity index (χ0) is 13.7. The third-order valence-electron chi connectivity index (χ3n) is 3.00. The molecule has 2 heterocycles. The average molecular weight is 273 g/mol. The minimum absolute atomic E-state index is 0.400. The van der Waals surface area contributed by atoms with Crippen molar-refractivity contribution in [3.05, 3.63) is 39.3 Å². The lowest BCUT2D eigenvalue weighted by molar-refractivity contribution is 0.646. The van der Waals surface area contributed by atoms with Gasteiger partial charge in [0.15, 0.2) is 0 Å². The first-order valence-electron chi connectivity index (χ1n) is 6.59. The number of aryl methyl sites for hydroxylation is 2. The Morgan fingerprint density at radius 3 is 2.89 bits per heavy atom. The molecule has 2 aromatic heterocycles. The Morgan fingerprint density at radius 1 is 1.37 bits per heavy atom. The van der Waals surface area contributed by atoms with Gasteiger partial charge in [-0.3, -0.25) is 4.68 Å². The van der Waals surface area contributed by atoms with Gasteiger partial charge in [-0.15, -0.1) is 11.3 Å². The molecule has 0 aliphatic carbocycles. The predicted molar refractivity (Wildman–Crippen MR) is 80.3 cm³/mol. The van der Waals surface area contributed by atoms with Gasteiger partial charge < -0.3 is 5.73 Å². The van der Waals surface area contributed by atoms with Gasteiger partial charge in [0.25, 0.3) is 0 Å². The Morgan fingerprint density at radius 2 is 2.21 bits per heavy atom. The lowest BCUT2D eigenvalue weighted by Gasteiger charge is -2.04. The first-order chi connectivity index (χ1) is 9.28. The van der Waals surface area contributed by atoms with Crippen LogP contribution in [-0.2, 0) is 19.4 Å². The predicted octanol–water partition coefficient (Wildman–Crippen LogP) is 2.43. The monoisotopic (exact) mass is 273 g/mol. The van der Waals surface area contributed by atoms with Crippen molar-refractivity contribution < 1.29 is 0 Å². The van der Waals surface area contributed by atoms with E-state index in [1.165, 1.54) is 10.6 Å². The molecule has 2 rings (SSSR count). The molecule has 2 N–H and O–H groups in total. The molecular weight excluding hydrogens is 254 g/mol. The summed E-state index contributed by atoms with van der Waals surface area (Å²) in [6, 6.07) is 4.25. The van der Waals surface area contributed by atoms with Gasteiger partial charge in [-0.25, -0.2) is 0 Å². The molecule has 0 amide bonds. The summed E-state index contributed by atoms with van der Waals surface area (Å²) < 4.78 is 2.10. The van der Waals surface area contributed by atoms with E-state index in [1.54, 1.807) is 11.3 Å². The molecule has 0 aliphatic heterocycles. The standard InChI is InChI=1S/C15H19N3S/c1-3-13-10-14(4-2)18(17-13)11-15-12(6-5-8-16)7-9-19-15/h7,9-10H,3-4,8,11,16H2,1-2H3. The maximum Gasteiger partial charge on any atom is 0.0768 e. The second kappa shape index (κ2) is 6.55. The highest BCUT2D eigenvalue weighted by Gasteiger charge is 2.09. The van der Waals surface area contributed by atoms with Crippen molar-refractivity contribution in [3.63, 3.8) is 0 Å². The fourth-order valence-electron chi connectivity index (χ4n) is 1.97. The molecular formula is C15H19N3S. The lowest BCUT2D eigenvalue weighted by atomic mass is 10.2. The summed E-state index contributed by atoms with van der Waals surface area (Å²) >= 11 is 1.73. The van der Waals surface area contributed by atoms with Crippen molar-refractivity contribution in [1.29, 1.82) is 0 Å². The van der Waals surface area contributed by atoms with E-state index in [1.807, 2.05) is 0 Å². The second-order valence-electron chi connectivity index (χ2n) is 4.26. The van der Waals surface area contributed by atoms with Crippen molar-refractivity contribution in [2.45, 2.75) is 33.2 Å². The second-order valence-corrected chi connectivity index (χ2v) is 5.26. The van der Waals surface area contributed by atoms with Gasteiger partial charge in [0.1, 0.15) is 0 Å². The highest BCUT2D eigenvalue weighted by Crippen LogP contribution is 2.18. The Hall–Kier alpha value is -1.57. The summed E-state index contributed by atoms with van der Waals surface area (Å²) in [5, 5.41) is 6.72. The zero-order valence-corrected chi connectivity index (χ0v) is 12.3. The van der Waals surface area contributed by atoms with Gasteiger partial charge in [-0.05, 0) is 30.4 Å². The van der Waals surface area contributed by atoms with Crippen LogP contribution in [0.1, 0.15) is 35.7 Å². The molecule has 19 heavy (non-hydrogen) atoms. The third-order valence-corrected chi connectivity index (χ3v) is 3.91. The van der Waals surface area contributed by atoms with Gasteiger partial charge in [0.2, 0.25) is 0 Å². The Balaban J connectivity index is 2.26. The van der Waals surface area contributed by atoms with E-state index in [0.29, 0.717) is 6.54 Å². The molecule has 4 heteroatoms. The van der Waals surface area contributed by atoms with Gasteiger partial charge in [-0.1, -0.05) is 25.7 Å². The summed E-state index contributed by atoms with van der Waals surface area (Å²) in [6.07, 6.45) is 1.98. The SMILES string of the molecule is CCc1cc(CC)n(Cc2sccc2C#CCN)n1. The van der Waals surface area contributed by atoms with Crippen molar-refractivity contribution in [1.82, 2.24) is 9.78 Å². The van der Waals surface area contributed by atoms with Crippen LogP contribution in [0.5, 0.6) is 0 Å². The lowest BCUT2D eigenvalue weighted by Crippen LogP contribution is -2.05. The average Bonchev–Trinajstić information content (AvgIpc) is 3.03. The van der Waals surface area contributed by atoms with Crippen molar-refractivity contribution in [2.24, 2.45) is 5.73 Å². The maximum absolute atomic E-state index is 5.43. The Bertz CT molecular complexity index is 598. The molecule has 3 nitrogen and oxygen atoms in total. The molecule has 0 bridgehead atoms. The van der Waals surface area contributed by atoms with Crippen molar-refractivity contribution in [3.8, 4) is 11.8 Å². The van der Waals surface area contributed by atoms with Crippen LogP contribution in [0.2, 0.25) is 0 Å². The van der Waals surface area contributed by atoms with Crippen molar-refractivity contribution >= 4 is 11.3 Å². The fourth-order valence-corrected chi connectivity index (χ4v) is 2.78. The normalized spacial score (nSPS) is 10.3. The van der Waals surface area contributed by atoms with E-state index in [0.717, 1.165) is 30.6 Å². The van der Waals surface area contributed by atoms with E-state index in [2.05, 4.69) is 53.0 Å². The molecule has 0 saturated carbocycles. The van der Waals surface area contributed by atoms with Gasteiger partial charge >= 0.3 is 0 Å². The zero-order valence-electron chi connectivity index (χ0n) is 11.4. The quantitative estimate of drug-likeness (QED) is 0.870. The van der Waals surface area contributed by atoms with Gasteiger partial charge in [0, 0.05) is 16.1 Å². The van der Waals surface area contributed by atoms with Crippen LogP contribution >= 0.6 is 11.3 Å². The van der Waals surface area contributed by atoms with Gasteiger partial charge in [0.05, 0.1) is 18.8 Å². The van der Waals surface area contributed by atoms with E-state index in [9.17, 15) is 0 Å². The summed E-state index contributed by atoms with van der Waals surface area (Å²) in [7, 11) is 0. The molecule has 0 unspecified atom stereocenters. The largest absolute Gasteiger partial charge is 0.320 e. The van der Waals surface area contributed by atoms with Crippen LogP contribution < -0.4 is 5.73 Å². The molecule has 0 fully saturated rings. The first-order valence-corrected chi connectivity index (χ1v) is 7.47. The molecule has 0 spiro atoms. The number of nitrogens with zero attached hydrogens (tertiary/aromatic N) is 2. The van der Waals surface area contributed by atoms with Crippen LogP contribution in [-0.4, -0.2) is 16.3 Å². The third kappa shape index (κ3) is 3.25. The highest BCUT2D eigenvalue weighted by atomic mass is 32.1. The summed E-state index contributed by atoms with van der Waals surface area (Å²) in [5.74, 6) is 6.04. The summed E-state index contributed by atoms with van der Waals surface area (Å²) in [4.78, 5) is 1.25. The van der Waals surface area contributed by atoms with E-state index in [4.69, 9.17) is 5.73 Å². The molecule has 100 valence electrons. The number of rotatable bonds is 4. The minimum atomic E-state index is 0.400. The highest BCUT2D eigenvalue weighted by molar-refractivity contribution is 7.10. The van der Waals surface area contributed by atoms with Crippen LogP contribution in [0, 0.1) is 11.8 Å². The molecule has 0 aliphatic rings. The number of nitrogens with two attached hydrogens (primary N) is 1. The Kier molecular flexibility index (Phi) is 4.78. The number of hydrogen-bond acceptors (Lipinski definition) is 3. The van der Waals surface area contributed by atoms with Crippen LogP contribution in [0.15, 0.2) is 17.5 Å². The maximum atomic E-state index is 5.43. The number of hydrogen-bond donors (Lipinski definition) is 1. The van der Waals surface area contributed by atoms with Crippen LogP contribution in [0.25, 0.3) is 0 Å². The summed E-state index contributed by atoms with van der Waals surface area (Å²) in [5.41, 5.74) is 8.94. The molecule has 2 aromatic rings. The smallest absolute Gasteiger partial charge is 0.0768 e. The molecule has 0 aromatic carbocycles. The fraction of sp³-hybridized carbons (Fsp3) is 0.400. The summed E-state index contributed by atoms with van der Waals surface area (Å²) in [6.45, 7) is 5.50. The molecule has 0 saturated heterocycles. The molecule has 0 atom stereocenters. The van der Waals surface area contributed by atoms with E-state index < -0.39 is 0 Å². The van der Waals surface area contributed by atoms with Gasteiger partial charge in [-0.2, -0.15) is 5.10 Å². The first kappa shape index (κ1) is 13.9. The van der Waals surface area contributed by atoms with Crippen LogP contribution in [0.4, 0.5) is 0 Å². The van der Waals surface area contributed by atoms with Crippen LogP contribution in [0.3, 0.4) is 0 Å². The molecule has 0 radical (unpaired) electrons. The van der Waals surface area contributed by atoms with E-state index >= 15 is 0 Å². The topological polar surface area (TPSA) is 43.8 Å². The van der Waals surface area contributed by atoms with Crippen molar-refractivity contribution in [2.75, 3.05) is 6.54 Å². The minimum Gasteiger partial charge on any atom is -0.320 e. The number of aromatic nitrogens is 2.